The van der Waals surface area contributed by atoms with E-state index in [1.54, 1.807) is 24.4 Å². The van der Waals surface area contributed by atoms with Crippen LogP contribution in [0.25, 0.3) is 0 Å². The number of nitrogens with one attached hydrogen (secondary N) is 1. The maximum atomic E-state index is 13.3. The first kappa shape index (κ1) is 29.4. The highest BCUT2D eigenvalue weighted by atomic mass is 19.1. The molecule has 0 bridgehead atoms. The number of hydrogen-bond donors (Lipinski definition) is 2. The average Bonchev–Trinajstić information content (AvgIpc) is 2.93. The number of aryl methyl sites for hydroxylation is 1. The number of rotatable bonds is 15. The van der Waals surface area contributed by atoms with E-state index in [4.69, 9.17) is 5.73 Å². The zero-order valence-corrected chi connectivity index (χ0v) is 22.3. The molecule has 0 saturated carbocycles. The summed E-state index contributed by atoms with van der Waals surface area (Å²) in [4.78, 5) is 45.2. The fourth-order valence-electron chi connectivity index (χ4n) is 4.04. The molecule has 0 radical (unpaired) electrons. The van der Waals surface area contributed by atoms with E-state index in [9.17, 15) is 18.8 Å². The number of carbonyl (C=O) groups is 3. The van der Waals surface area contributed by atoms with Crippen LogP contribution in [-0.4, -0.2) is 71.8 Å². The number of primary amides is 1. The molecule has 0 saturated heterocycles. The van der Waals surface area contributed by atoms with E-state index in [1.165, 1.54) is 33.1 Å². The molecule has 0 atom stereocenters. The number of benzene rings is 2. The van der Waals surface area contributed by atoms with E-state index in [1.807, 2.05) is 19.1 Å². The van der Waals surface area contributed by atoms with Crippen LogP contribution in [-0.2, 0) is 33.6 Å². The molecule has 39 heavy (non-hydrogen) atoms. The minimum atomic E-state index is -0.633. The van der Waals surface area contributed by atoms with Gasteiger partial charge in [0, 0.05) is 31.4 Å². The van der Waals surface area contributed by atoms with E-state index in [-0.39, 0.29) is 50.4 Å². The van der Waals surface area contributed by atoms with Gasteiger partial charge in [0.1, 0.15) is 5.82 Å². The Balaban J connectivity index is 1.62. The van der Waals surface area contributed by atoms with Gasteiger partial charge >= 0.3 is 0 Å². The molecular formula is C30H36FN5O3. The van der Waals surface area contributed by atoms with Crippen LogP contribution in [0.2, 0.25) is 0 Å². The van der Waals surface area contributed by atoms with Crippen LogP contribution in [0, 0.1) is 12.7 Å². The van der Waals surface area contributed by atoms with Gasteiger partial charge in [0.2, 0.25) is 17.7 Å². The summed E-state index contributed by atoms with van der Waals surface area (Å²) >= 11 is 0. The number of pyridine rings is 1. The van der Waals surface area contributed by atoms with Crippen molar-refractivity contribution in [1.82, 2.24) is 20.1 Å². The number of amides is 3. The highest BCUT2D eigenvalue weighted by molar-refractivity contribution is 5.88. The largest absolute Gasteiger partial charge is 0.368 e. The van der Waals surface area contributed by atoms with Crippen LogP contribution in [0.3, 0.4) is 0 Å². The van der Waals surface area contributed by atoms with Crippen LogP contribution >= 0.6 is 0 Å². The van der Waals surface area contributed by atoms with Gasteiger partial charge < -0.3 is 20.9 Å². The summed E-state index contributed by atoms with van der Waals surface area (Å²) in [6, 6.07) is 19.8. The zero-order valence-electron chi connectivity index (χ0n) is 22.3. The van der Waals surface area contributed by atoms with Gasteiger partial charge in [0.05, 0.1) is 19.6 Å². The summed E-state index contributed by atoms with van der Waals surface area (Å²) in [7, 11) is 0. The second kappa shape index (κ2) is 15.3. The maximum absolute atomic E-state index is 13.3. The topological polar surface area (TPSA) is 109 Å². The van der Waals surface area contributed by atoms with Crippen molar-refractivity contribution in [2.24, 2.45) is 5.73 Å². The van der Waals surface area contributed by atoms with Crippen molar-refractivity contribution in [3.05, 3.63) is 101 Å². The molecule has 0 aliphatic carbocycles. The minimum Gasteiger partial charge on any atom is -0.368 e. The Morgan fingerprint density at radius 2 is 1.46 bits per heavy atom. The van der Waals surface area contributed by atoms with Crippen molar-refractivity contribution in [1.29, 1.82) is 0 Å². The summed E-state index contributed by atoms with van der Waals surface area (Å²) in [5, 5.41) is 3.17. The molecule has 2 aromatic carbocycles. The van der Waals surface area contributed by atoms with Gasteiger partial charge in [0.15, 0.2) is 0 Å². The monoisotopic (exact) mass is 533 g/mol. The number of nitrogens with zero attached hydrogens (tertiary/aromatic N) is 3. The summed E-state index contributed by atoms with van der Waals surface area (Å²) in [6.07, 6.45) is 3.33. The molecule has 206 valence electrons. The predicted octanol–water partition coefficient (Wildman–Crippen LogP) is 2.29. The Morgan fingerprint density at radius 1 is 0.821 bits per heavy atom. The maximum Gasteiger partial charge on any atom is 0.242 e. The quantitative estimate of drug-likeness (QED) is 0.292. The van der Waals surface area contributed by atoms with E-state index in [0.717, 1.165) is 17.7 Å². The molecule has 0 unspecified atom stereocenters. The number of halogens is 1. The molecule has 1 aromatic heterocycles. The third-order valence-corrected chi connectivity index (χ3v) is 6.31. The molecule has 0 spiro atoms. The second-order valence-electron chi connectivity index (χ2n) is 9.46. The van der Waals surface area contributed by atoms with Crippen molar-refractivity contribution >= 4 is 17.7 Å². The lowest BCUT2D eigenvalue weighted by atomic mass is 10.1. The molecule has 3 N–H and O–H groups in total. The van der Waals surface area contributed by atoms with Gasteiger partial charge in [-0.25, -0.2) is 4.39 Å². The lowest BCUT2D eigenvalue weighted by molar-refractivity contribution is -0.141. The number of hydrogen-bond acceptors (Lipinski definition) is 5. The minimum absolute atomic E-state index is 0.0618. The highest BCUT2D eigenvalue weighted by Gasteiger charge is 2.22. The van der Waals surface area contributed by atoms with Crippen LogP contribution in [0.5, 0.6) is 0 Å². The Labute approximate surface area is 229 Å². The summed E-state index contributed by atoms with van der Waals surface area (Å²) < 4.78 is 13.3. The standard InChI is InChI=1S/C30H36FN5O3/c1-23-5-7-24(8-6-23)13-17-33-20-29(38)36(18-14-25-9-11-26(31)12-10-25)22-30(39)35(21-28(32)37)19-15-27-4-2-3-16-34-27/h2-12,16,33H,13-15,17-22H2,1H3,(H2,32,37). The van der Waals surface area contributed by atoms with Gasteiger partial charge in [-0.3, -0.25) is 19.4 Å². The van der Waals surface area contributed by atoms with E-state index >= 15 is 0 Å². The Morgan fingerprint density at radius 3 is 2.13 bits per heavy atom. The van der Waals surface area contributed by atoms with Gasteiger partial charge in [-0.05, 0) is 61.7 Å². The number of carbonyl (C=O) groups excluding carboxylic acids is 3. The van der Waals surface area contributed by atoms with Gasteiger partial charge in [0.25, 0.3) is 0 Å². The zero-order chi connectivity index (χ0) is 28.0. The predicted molar refractivity (Wildman–Crippen MR) is 148 cm³/mol. The van der Waals surface area contributed by atoms with E-state index in [2.05, 4.69) is 34.6 Å². The van der Waals surface area contributed by atoms with Gasteiger partial charge in [-0.2, -0.15) is 0 Å². The third-order valence-electron chi connectivity index (χ3n) is 6.31. The highest BCUT2D eigenvalue weighted by Crippen LogP contribution is 2.07. The van der Waals surface area contributed by atoms with Gasteiger partial charge in [-0.15, -0.1) is 0 Å². The fourth-order valence-corrected chi connectivity index (χ4v) is 4.04. The summed E-state index contributed by atoms with van der Waals surface area (Å²) in [5.41, 5.74) is 9.38. The first-order valence-corrected chi connectivity index (χ1v) is 13.0. The first-order chi connectivity index (χ1) is 18.8. The van der Waals surface area contributed by atoms with Crippen molar-refractivity contribution in [2.75, 3.05) is 39.3 Å². The van der Waals surface area contributed by atoms with Crippen LogP contribution in [0.4, 0.5) is 4.39 Å². The molecule has 1 heterocycles. The lowest BCUT2D eigenvalue weighted by Gasteiger charge is -2.27. The molecule has 0 aliphatic rings. The first-order valence-electron chi connectivity index (χ1n) is 13.0. The summed E-state index contributed by atoms with van der Waals surface area (Å²) in [6.45, 7) is 2.76. The molecular weight excluding hydrogens is 497 g/mol. The molecule has 8 nitrogen and oxygen atoms in total. The second-order valence-corrected chi connectivity index (χ2v) is 9.46. The van der Waals surface area contributed by atoms with Crippen molar-refractivity contribution in [2.45, 2.75) is 26.2 Å². The van der Waals surface area contributed by atoms with Crippen molar-refractivity contribution in [3.8, 4) is 0 Å². The van der Waals surface area contributed by atoms with Crippen molar-refractivity contribution in [3.63, 3.8) is 0 Å². The number of nitrogens with two attached hydrogens (primary N) is 1. The normalized spacial score (nSPS) is 10.7. The Kier molecular flexibility index (Phi) is 11.6. The average molecular weight is 534 g/mol. The number of aromatic nitrogens is 1. The molecule has 3 aromatic rings. The SMILES string of the molecule is Cc1ccc(CCNCC(=O)N(CCc2ccc(F)cc2)CC(=O)N(CCc2ccccn2)CC(N)=O)cc1. The van der Waals surface area contributed by atoms with Crippen LogP contribution in [0.1, 0.15) is 22.4 Å². The van der Waals surface area contributed by atoms with E-state index in [0.29, 0.717) is 19.4 Å². The lowest BCUT2D eigenvalue weighted by Crippen LogP contribution is -2.48. The van der Waals surface area contributed by atoms with Crippen molar-refractivity contribution < 1.29 is 18.8 Å². The van der Waals surface area contributed by atoms with E-state index < -0.39 is 5.91 Å². The van der Waals surface area contributed by atoms with Crippen LogP contribution in [0.15, 0.2) is 72.9 Å². The molecule has 0 aliphatic heterocycles. The van der Waals surface area contributed by atoms with Gasteiger partial charge in [-0.1, -0.05) is 48.0 Å². The fraction of sp³-hybridized carbons (Fsp3) is 0.333. The summed E-state index contributed by atoms with van der Waals surface area (Å²) in [5.74, 6) is -1.59. The molecule has 0 fully saturated rings. The smallest absolute Gasteiger partial charge is 0.242 e. The third kappa shape index (κ3) is 10.6. The Bertz CT molecular complexity index is 1200. The molecule has 3 amide bonds. The molecule has 9 heteroatoms. The molecule has 3 rings (SSSR count). The van der Waals surface area contributed by atoms with Crippen LogP contribution < -0.4 is 11.1 Å². The Hall–Kier alpha value is -4.11.